The third kappa shape index (κ3) is 3.61. The van der Waals surface area contributed by atoms with Crippen molar-refractivity contribution in [1.82, 2.24) is 4.72 Å². The van der Waals surface area contributed by atoms with E-state index in [9.17, 15) is 8.42 Å². The van der Waals surface area contributed by atoms with Gasteiger partial charge in [-0.25, -0.2) is 13.1 Å². The molecule has 1 rings (SSSR count). The van der Waals surface area contributed by atoms with Gasteiger partial charge in [0.25, 0.3) is 0 Å². The monoisotopic (exact) mass is 324 g/mol. The molecular formula is C12H18Cl2N2O2S. The molecule has 0 bridgehead atoms. The fraction of sp³-hybridized carbons (Fsp3) is 0.500. The first-order valence-electron chi connectivity index (χ1n) is 6.00. The second-order valence-corrected chi connectivity index (χ2v) is 6.78. The molecule has 0 radical (unpaired) electrons. The van der Waals surface area contributed by atoms with Crippen molar-refractivity contribution in [2.24, 2.45) is 5.73 Å². The molecule has 0 aliphatic carbocycles. The van der Waals surface area contributed by atoms with Gasteiger partial charge in [0.1, 0.15) is 4.90 Å². The first-order valence-corrected chi connectivity index (χ1v) is 8.24. The highest BCUT2D eigenvalue weighted by Gasteiger charge is 2.32. The van der Waals surface area contributed by atoms with Gasteiger partial charge in [-0.3, -0.25) is 0 Å². The summed E-state index contributed by atoms with van der Waals surface area (Å²) in [5.41, 5.74) is 5.02. The largest absolute Gasteiger partial charge is 0.329 e. The molecule has 0 heterocycles. The fourth-order valence-electron chi connectivity index (χ4n) is 1.80. The van der Waals surface area contributed by atoms with E-state index in [2.05, 4.69) is 4.72 Å². The summed E-state index contributed by atoms with van der Waals surface area (Å²) in [6.45, 7) is 3.97. The average molecular weight is 325 g/mol. The molecule has 3 N–H and O–H groups in total. The number of nitrogens with two attached hydrogens (primary N) is 1. The molecule has 0 unspecified atom stereocenters. The Morgan fingerprint density at radius 3 is 2.05 bits per heavy atom. The molecule has 108 valence electrons. The Morgan fingerprint density at radius 1 is 1.21 bits per heavy atom. The minimum atomic E-state index is -3.81. The van der Waals surface area contributed by atoms with Crippen LogP contribution in [0.5, 0.6) is 0 Å². The van der Waals surface area contributed by atoms with Crippen LogP contribution in [0.1, 0.15) is 26.7 Å². The lowest BCUT2D eigenvalue weighted by molar-refractivity contribution is 0.363. The van der Waals surface area contributed by atoms with Crippen molar-refractivity contribution in [1.29, 1.82) is 0 Å². The highest BCUT2D eigenvalue weighted by atomic mass is 35.5. The Bertz CT molecular complexity index is 514. The van der Waals surface area contributed by atoms with Gasteiger partial charge in [-0.2, -0.15) is 0 Å². The van der Waals surface area contributed by atoms with Crippen LogP contribution in [0.2, 0.25) is 10.0 Å². The molecule has 1 aromatic rings. The summed E-state index contributed by atoms with van der Waals surface area (Å²) in [5.74, 6) is 0. The molecule has 0 spiro atoms. The zero-order valence-electron chi connectivity index (χ0n) is 10.9. The van der Waals surface area contributed by atoms with Gasteiger partial charge in [-0.15, -0.1) is 0 Å². The summed E-state index contributed by atoms with van der Waals surface area (Å²) in [7, 11) is -3.81. The van der Waals surface area contributed by atoms with Crippen LogP contribution in [0.4, 0.5) is 0 Å². The number of benzene rings is 1. The van der Waals surface area contributed by atoms with E-state index in [4.69, 9.17) is 28.9 Å². The van der Waals surface area contributed by atoms with Crippen LogP contribution < -0.4 is 10.5 Å². The summed E-state index contributed by atoms with van der Waals surface area (Å²) >= 11 is 11.9. The molecule has 4 nitrogen and oxygen atoms in total. The van der Waals surface area contributed by atoms with E-state index in [1.165, 1.54) is 12.1 Å². The summed E-state index contributed by atoms with van der Waals surface area (Å²) in [4.78, 5) is -0.0990. The third-order valence-electron chi connectivity index (χ3n) is 3.28. The highest BCUT2D eigenvalue weighted by Crippen LogP contribution is 2.30. The Labute approximate surface area is 124 Å². The molecule has 1 aromatic carbocycles. The second-order valence-electron chi connectivity index (χ2n) is 4.35. The van der Waals surface area contributed by atoms with Crippen LogP contribution >= 0.6 is 23.2 Å². The second kappa shape index (κ2) is 6.41. The fourth-order valence-corrected chi connectivity index (χ4v) is 4.50. The van der Waals surface area contributed by atoms with Crippen molar-refractivity contribution in [3.05, 3.63) is 28.2 Å². The third-order valence-corrected chi connectivity index (χ3v) is 5.82. The van der Waals surface area contributed by atoms with E-state index in [1.54, 1.807) is 6.07 Å². The van der Waals surface area contributed by atoms with Crippen molar-refractivity contribution in [2.75, 3.05) is 6.54 Å². The Morgan fingerprint density at radius 2 is 1.68 bits per heavy atom. The Hall–Kier alpha value is -0.330. The maximum atomic E-state index is 12.4. The molecule has 19 heavy (non-hydrogen) atoms. The normalized spacial score (nSPS) is 12.7. The molecule has 0 saturated heterocycles. The van der Waals surface area contributed by atoms with Gasteiger partial charge in [0, 0.05) is 12.1 Å². The van der Waals surface area contributed by atoms with E-state index >= 15 is 0 Å². The number of sulfonamides is 1. The minimum absolute atomic E-state index is 0.0955. The molecule has 0 fully saturated rings. The zero-order chi connectivity index (χ0) is 14.7. The van der Waals surface area contributed by atoms with Gasteiger partial charge in [-0.1, -0.05) is 43.1 Å². The molecule has 7 heteroatoms. The SMILES string of the molecule is CCC(CC)(CN)NS(=O)(=O)c1c(Cl)cccc1Cl. The first-order chi connectivity index (χ1) is 8.82. The first kappa shape index (κ1) is 16.7. The van der Waals surface area contributed by atoms with Crippen molar-refractivity contribution in [3.63, 3.8) is 0 Å². The van der Waals surface area contributed by atoms with Crippen molar-refractivity contribution in [2.45, 2.75) is 37.1 Å². The summed E-state index contributed by atoms with van der Waals surface area (Å²) in [5, 5.41) is 0.191. The zero-order valence-corrected chi connectivity index (χ0v) is 13.2. The standard InChI is InChI=1S/C12H18Cl2N2O2S/c1-3-12(4-2,8-15)16-19(17,18)11-9(13)6-5-7-10(11)14/h5-7,16H,3-4,8,15H2,1-2H3. The lowest BCUT2D eigenvalue weighted by Crippen LogP contribution is -2.52. The predicted octanol–water partition coefficient (Wildman–Crippen LogP) is 2.79. The summed E-state index contributed by atoms with van der Waals surface area (Å²) < 4.78 is 27.5. The lowest BCUT2D eigenvalue weighted by Gasteiger charge is -2.31. The van der Waals surface area contributed by atoms with Gasteiger partial charge in [0.05, 0.1) is 10.0 Å². The van der Waals surface area contributed by atoms with E-state index in [1.807, 2.05) is 13.8 Å². The summed E-state index contributed by atoms with van der Waals surface area (Å²) in [6.07, 6.45) is 1.17. The van der Waals surface area contributed by atoms with Gasteiger partial charge in [-0.05, 0) is 25.0 Å². The maximum absolute atomic E-state index is 12.4. The minimum Gasteiger partial charge on any atom is -0.329 e. The van der Waals surface area contributed by atoms with Gasteiger partial charge < -0.3 is 5.73 Å². The van der Waals surface area contributed by atoms with Crippen LogP contribution in [-0.2, 0) is 10.0 Å². The maximum Gasteiger partial charge on any atom is 0.244 e. The van der Waals surface area contributed by atoms with Crippen molar-refractivity contribution >= 4 is 33.2 Å². The number of halogens is 2. The number of hydrogen-bond acceptors (Lipinski definition) is 3. The van der Waals surface area contributed by atoms with Gasteiger partial charge in [0.2, 0.25) is 10.0 Å². The van der Waals surface area contributed by atoms with Gasteiger partial charge >= 0.3 is 0 Å². The topological polar surface area (TPSA) is 72.2 Å². The Balaban J connectivity index is 3.26. The highest BCUT2D eigenvalue weighted by molar-refractivity contribution is 7.89. The molecular weight excluding hydrogens is 307 g/mol. The van der Waals surface area contributed by atoms with E-state index < -0.39 is 15.6 Å². The molecule has 0 amide bonds. The average Bonchev–Trinajstić information content (AvgIpc) is 2.35. The number of rotatable bonds is 6. The smallest absolute Gasteiger partial charge is 0.244 e. The quantitative estimate of drug-likeness (QED) is 0.845. The van der Waals surface area contributed by atoms with Crippen LogP contribution in [0.15, 0.2) is 23.1 Å². The number of hydrogen-bond donors (Lipinski definition) is 2. The van der Waals surface area contributed by atoms with Crippen molar-refractivity contribution < 1.29 is 8.42 Å². The molecule has 0 aromatic heterocycles. The summed E-state index contributed by atoms with van der Waals surface area (Å²) in [6, 6.07) is 4.58. The molecule has 0 atom stereocenters. The van der Waals surface area contributed by atoms with Crippen LogP contribution in [0.25, 0.3) is 0 Å². The van der Waals surface area contributed by atoms with Crippen LogP contribution in [-0.4, -0.2) is 20.5 Å². The van der Waals surface area contributed by atoms with E-state index in [-0.39, 0.29) is 21.5 Å². The molecule has 0 saturated carbocycles. The van der Waals surface area contributed by atoms with E-state index in [0.717, 1.165) is 0 Å². The number of nitrogens with one attached hydrogen (secondary N) is 1. The molecule has 0 aliphatic rings. The predicted molar refractivity (Wildman–Crippen MR) is 79.2 cm³/mol. The molecule has 0 aliphatic heterocycles. The van der Waals surface area contributed by atoms with Gasteiger partial charge in [0.15, 0.2) is 0 Å². The lowest BCUT2D eigenvalue weighted by atomic mass is 9.95. The van der Waals surface area contributed by atoms with Crippen molar-refractivity contribution in [3.8, 4) is 0 Å². The van der Waals surface area contributed by atoms with E-state index in [0.29, 0.717) is 12.8 Å². The van der Waals surface area contributed by atoms with Crippen LogP contribution in [0, 0.1) is 0 Å². The van der Waals surface area contributed by atoms with Crippen LogP contribution in [0.3, 0.4) is 0 Å². The Kier molecular flexibility index (Phi) is 5.65.